The van der Waals surface area contributed by atoms with Crippen LogP contribution in [-0.2, 0) is 18.2 Å². The van der Waals surface area contributed by atoms with Crippen LogP contribution in [0, 0.1) is 5.82 Å². The van der Waals surface area contributed by atoms with Gasteiger partial charge in [0, 0.05) is 13.5 Å². The topological polar surface area (TPSA) is 57.0 Å². The maximum atomic E-state index is 13.5. The van der Waals surface area contributed by atoms with E-state index in [9.17, 15) is 9.18 Å². The zero-order valence-corrected chi connectivity index (χ0v) is 10.8. The molecule has 1 aromatic heterocycles. The third kappa shape index (κ3) is 2.78. The lowest BCUT2D eigenvalue weighted by atomic mass is 10.1. The SMILES string of the molecule is CCOC(=O)c1nnc(Cc2ccccc2F)n1C. The van der Waals surface area contributed by atoms with Gasteiger partial charge in [-0.15, -0.1) is 10.2 Å². The summed E-state index contributed by atoms with van der Waals surface area (Å²) in [6.07, 6.45) is 0.273. The van der Waals surface area contributed by atoms with E-state index in [2.05, 4.69) is 10.2 Å². The summed E-state index contributed by atoms with van der Waals surface area (Å²) in [6.45, 7) is 1.99. The Bertz CT molecular complexity index is 595. The Balaban J connectivity index is 2.23. The van der Waals surface area contributed by atoms with Gasteiger partial charge in [0.1, 0.15) is 11.6 Å². The predicted molar refractivity (Wildman–Crippen MR) is 66.2 cm³/mol. The monoisotopic (exact) mass is 263 g/mol. The number of aromatic nitrogens is 3. The second-order valence-electron chi connectivity index (χ2n) is 3.99. The molecule has 5 nitrogen and oxygen atoms in total. The Kier molecular flexibility index (Phi) is 3.89. The van der Waals surface area contributed by atoms with E-state index in [-0.39, 0.29) is 24.7 Å². The van der Waals surface area contributed by atoms with E-state index >= 15 is 0 Å². The number of hydrogen-bond acceptors (Lipinski definition) is 4. The van der Waals surface area contributed by atoms with Crippen LogP contribution in [-0.4, -0.2) is 27.3 Å². The smallest absolute Gasteiger partial charge is 0.376 e. The van der Waals surface area contributed by atoms with Gasteiger partial charge in [-0.2, -0.15) is 0 Å². The van der Waals surface area contributed by atoms with E-state index in [0.717, 1.165) is 0 Å². The highest BCUT2D eigenvalue weighted by Gasteiger charge is 2.17. The molecule has 100 valence electrons. The average Bonchev–Trinajstić information content (AvgIpc) is 2.74. The van der Waals surface area contributed by atoms with Crippen molar-refractivity contribution in [1.29, 1.82) is 0 Å². The van der Waals surface area contributed by atoms with Crippen molar-refractivity contribution in [1.82, 2.24) is 14.8 Å². The molecule has 0 bridgehead atoms. The Morgan fingerprint density at radius 1 is 1.37 bits per heavy atom. The zero-order chi connectivity index (χ0) is 13.8. The lowest BCUT2D eigenvalue weighted by molar-refractivity contribution is 0.0507. The molecule has 1 aromatic carbocycles. The fraction of sp³-hybridized carbons (Fsp3) is 0.308. The van der Waals surface area contributed by atoms with Crippen molar-refractivity contribution >= 4 is 5.97 Å². The van der Waals surface area contributed by atoms with Gasteiger partial charge in [0.25, 0.3) is 0 Å². The average molecular weight is 263 g/mol. The molecule has 0 aliphatic rings. The molecule has 0 radical (unpaired) electrons. The number of nitrogens with zero attached hydrogens (tertiary/aromatic N) is 3. The molecule has 0 saturated heterocycles. The Hall–Kier alpha value is -2.24. The summed E-state index contributed by atoms with van der Waals surface area (Å²) < 4.78 is 19.9. The number of halogens is 1. The summed E-state index contributed by atoms with van der Waals surface area (Å²) in [7, 11) is 1.66. The largest absolute Gasteiger partial charge is 0.460 e. The molecule has 0 fully saturated rings. The quantitative estimate of drug-likeness (QED) is 0.788. The predicted octanol–water partition coefficient (Wildman–Crippen LogP) is 1.72. The Morgan fingerprint density at radius 2 is 2.11 bits per heavy atom. The van der Waals surface area contributed by atoms with Crippen LogP contribution in [0.15, 0.2) is 24.3 Å². The molecule has 2 aromatic rings. The zero-order valence-electron chi connectivity index (χ0n) is 10.8. The van der Waals surface area contributed by atoms with Crippen LogP contribution in [0.1, 0.15) is 28.9 Å². The van der Waals surface area contributed by atoms with E-state index in [1.165, 1.54) is 10.6 Å². The maximum absolute atomic E-state index is 13.5. The van der Waals surface area contributed by atoms with Crippen LogP contribution < -0.4 is 0 Å². The van der Waals surface area contributed by atoms with Crippen molar-refractivity contribution in [3.63, 3.8) is 0 Å². The summed E-state index contributed by atoms with van der Waals surface area (Å²) >= 11 is 0. The molecule has 6 heteroatoms. The van der Waals surface area contributed by atoms with Gasteiger partial charge in [-0.1, -0.05) is 18.2 Å². The Morgan fingerprint density at radius 3 is 2.79 bits per heavy atom. The van der Waals surface area contributed by atoms with Gasteiger partial charge < -0.3 is 9.30 Å². The van der Waals surface area contributed by atoms with E-state index < -0.39 is 5.97 Å². The first kappa shape index (κ1) is 13.2. The number of rotatable bonds is 4. The number of ether oxygens (including phenoxy) is 1. The summed E-state index contributed by atoms with van der Waals surface area (Å²) in [5.41, 5.74) is 0.508. The first-order chi connectivity index (χ1) is 9.13. The highest BCUT2D eigenvalue weighted by Crippen LogP contribution is 2.12. The first-order valence-corrected chi connectivity index (χ1v) is 5.92. The van der Waals surface area contributed by atoms with Gasteiger partial charge in [0.15, 0.2) is 0 Å². The van der Waals surface area contributed by atoms with Crippen LogP contribution in [0.2, 0.25) is 0 Å². The number of hydrogen-bond donors (Lipinski definition) is 0. The van der Waals surface area contributed by atoms with Crippen molar-refractivity contribution in [3.8, 4) is 0 Å². The minimum absolute atomic E-state index is 0.119. The minimum Gasteiger partial charge on any atom is -0.460 e. The lowest BCUT2D eigenvalue weighted by Crippen LogP contribution is -2.12. The van der Waals surface area contributed by atoms with E-state index in [1.807, 2.05) is 0 Å². The Labute approximate surface area is 110 Å². The molecular weight excluding hydrogens is 249 g/mol. The van der Waals surface area contributed by atoms with E-state index in [0.29, 0.717) is 11.4 Å². The highest BCUT2D eigenvalue weighted by atomic mass is 19.1. The van der Waals surface area contributed by atoms with Crippen molar-refractivity contribution in [2.75, 3.05) is 6.61 Å². The summed E-state index contributed by atoms with van der Waals surface area (Å²) in [5.74, 6) is -0.207. The summed E-state index contributed by atoms with van der Waals surface area (Å²) in [4.78, 5) is 11.6. The molecule has 2 rings (SSSR count). The van der Waals surface area contributed by atoms with Crippen molar-refractivity contribution in [3.05, 3.63) is 47.3 Å². The van der Waals surface area contributed by atoms with Gasteiger partial charge >= 0.3 is 5.97 Å². The molecule has 0 N–H and O–H groups in total. The van der Waals surface area contributed by atoms with Crippen molar-refractivity contribution in [2.24, 2.45) is 7.05 Å². The highest BCUT2D eigenvalue weighted by molar-refractivity contribution is 5.85. The van der Waals surface area contributed by atoms with Gasteiger partial charge in [0.2, 0.25) is 5.82 Å². The molecular formula is C13H14FN3O2. The normalized spacial score (nSPS) is 10.5. The minimum atomic E-state index is -0.530. The molecule has 0 unspecified atom stereocenters. The second kappa shape index (κ2) is 5.60. The lowest BCUT2D eigenvalue weighted by Gasteiger charge is -2.04. The van der Waals surface area contributed by atoms with Crippen molar-refractivity contribution in [2.45, 2.75) is 13.3 Å². The van der Waals surface area contributed by atoms with E-state index in [4.69, 9.17) is 4.74 Å². The van der Waals surface area contributed by atoms with Crippen LogP contribution in [0.5, 0.6) is 0 Å². The third-order valence-corrected chi connectivity index (χ3v) is 2.73. The van der Waals surface area contributed by atoms with Gasteiger partial charge in [-0.05, 0) is 18.6 Å². The van der Waals surface area contributed by atoms with Crippen LogP contribution >= 0.6 is 0 Å². The van der Waals surface area contributed by atoms with Crippen molar-refractivity contribution < 1.29 is 13.9 Å². The van der Waals surface area contributed by atoms with Crippen LogP contribution in [0.4, 0.5) is 4.39 Å². The molecule has 0 spiro atoms. The summed E-state index contributed by atoms with van der Waals surface area (Å²) in [5, 5.41) is 7.68. The fourth-order valence-corrected chi connectivity index (χ4v) is 1.70. The van der Waals surface area contributed by atoms with Gasteiger partial charge in [-0.3, -0.25) is 0 Å². The third-order valence-electron chi connectivity index (χ3n) is 2.73. The number of carbonyl (C=O) groups is 1. The number of esters is 1. The molecule has 0 aliphatic carbocycles. The molecule has 19 heavy (non-hydrogen) atoms. The van der Waals surface area contributed by atoms with Gasteiger partial charge in [0.05, 0.1) is 6.61 Å². The standard InChI is InChI=1S/C13H14FN3O2/c1-3-19-13(18)12-16-15-11(17(12)2)8-9-6-4-5-7-10(9)14/h4-7H,3,8H2,1-2H3. The summed E-state index contributed by atoms with van der Waals surface area (Å²) in [6, 6.07) is 6.44. The maximum Gasteiger partial charge on any atom is 0.376 e. The number of benzene rings is 1. The van der Waals surface area contributed by atoms with E-state index in [1.54, 1.807) is 32.2 Å². The number of carbonyl (C=O) groups excluding carboxylic acids is 1. The van der Waals surface area contributed by atoms with Gasteiger partial charge in [-0.25, -0.2) is 9.18 Å². The molecule has 0 amide bonds. The molecule has 0 atom stereocenters. The van der Waals surface area contributed by atoms with Crippen LogP contribution in [0.25, 0.3) is 0 Å². The molecule has 1 heterocycles. The van der Waals surface area contributed by atoms with Crippen LogP contribution in [0.3, 0.4) is 0 Å². The fourth-order valence-electron chi connectivity index (χ4n) is 1.70. The second-order valence-corrected chi connectivity index (χ2v) is 3.99. The molecule has 0 saturated carbocycles. The first-order valence-electron chi connectivity index (χ1n) is 5.92. The molecule has 0 aliphatic heterocycles.